The quantitative estimate of drug-likeness (QED) is 0.905. The van der Waals surface area contributed by atoms with Gasteiger partial charge in [-0.25, -0.2) is 0 Å². The van der Waals surface area contributed by atoms with Crippen molar-refractivity contribution in [2.24, 2.45) is 5.92 Å². The molecule has 3 atom stereocenters. The average Bonchev–Trinajstić information content (AvgIpc) is 2.61. The number of hydrogen-bond donors (Lipinski definition) is 1. The first-order chi connectivity index (χ1) is 10.8. The lowest BCUT2D eigenvalue weighted by molar-refractivity contribution is 0.0242. The standard InChI is InChI=1S/C18H28N2O2/c1-15(16-6-5-10-21-14-16)19-12-18-13-20(9-11-22-18)17-7-3-2-4-8-17/h2-4,7-8,15-16,18-19H,5-6,9-14H2,1H3. The van der Waals surface area contributed by atoms with Gasteiger partial charge in [-0.3, -0.25) is 0 Å². The zero-order valence-corrected chi connectivity index (χ0v) is 13.5. The first kappa shape index (κ1) is 15.8. The molecule has 1 aromatic carbocycles. The molecule has 0 saturated carbocycles. The van der Waals surface area contributed by atoms with Crippen molar-refractivity contribution in [3.05, 3.63) is 30.3 Å². The van der Waals surface area contributed by atoms with E-state index in [1.54, 1.807) is 0 Å². The number of para-hydroxylation sites is 1. The summed E-state index contributed by atoms with van der Waals surface area (Å²) in [6, 6.07) is 11.1. The number of nitrogens with one attached hydrogen (secondary N) is 1. The van der Waals surface area contributed by atoms with Crippen molar-refractivity contribution in [1.82, 2.24) is 5.32 Å². The number of anilines is 1. The molecular weight excluding hydrogens is 276 g/mol. The monoisotopic (exact) mass is 304 g/mol. The molecule has 1 N–H and O–H groups in total. The van der Waals surface area contributed by atoms with Crippen LogP contribution in [0.5, 0.6) is 0 Å². The van der Waals surface area contributed by atoms with Crippen molar-refractivity contribution in [2.45, 2.75) is 31.9 Å². The lowest BCUT2D eigenvalue weighted by Crippen LogP contribution is -2.49. The Kier molecular flexibility index (Phi) is 5.70. The number of ether oxygens (including phenoxy) is 2. The van der Waals surface area contributed by atoms with E-state index in [0.29, 0.717) is 12.0 Å². The molecule has 1 aromatic rings. The van der Waals surface area contributed by atoms with E-state index in [-0.39, 0.29) is 6.10 Å². The van der Waals surface area contributed by atoms with E-state index in [1.165, 1.54) is 18.5 Å². The molecule has 122 valence electrons. The maximum atomic E-state index is 5.93. The van der Waals surface area contributed by atoms with Gasteiger partial charge in [0.15, 0.2) is 0 Å². The molecule has 0 bridgehead atoms. The minimum absolute atomic E-state index is 0.265. The molecule has 0 radical (unpaired) electrons. The zero-order valence-electron chi connectivity index (χ0n) is 13.5. The normalized spacial score (nSPS) is 27.6. The average molecular weight is 304 g/mol. The van der Waals surface area contributed by atoms with Crippen LogP contribution in [-0.4, -0.2) is 51.6 Å². The number of nitrogens with zero attached hydrogens (tertiary/aromatic N) is 1. The van der Waals surface area contributed by atoms with Crippen LogP contribution in [0.4, 0.5) is 5.69 Å². The smallest absolute Gasteiger partial charge is 0.0874 e. The number of hydrogen-bond acceptors (Lipinski definition) is 4. The van der Waals surface area contributed by atoms with Crippen LogP contribution in [-0.2, 0) is 9.47 Å². The molecule has 3 unspecified atom stereocenters. The molecule has 4 nitrogen and oxygen atoms in total. The van der Waals surface area contributed by atoms with Crippen LogP contribution in [0.25, 0.3) is 0 Å². The topological polar surface area (TPSA) is 33.7 Å². The van der Waals surface area contributed by atoms with Crippen molar-refractivity contribution in [2.75, 3.05) is 44.4 Å². The van der Waals surface area contributed by atoms with E-state index < -0.39 is 0 Å². The van der Waals surface area contributed by atoms with Gasteiger partial charge in [0.25, 0.3) is 0 Å². The summed E-state index contributed by atoms with van der Waals surface area (Å²) in [4.78, 5) is 2.42. The van der Waals surface area contributed by atoms with Gasteiger partial charge in [-0.1, -0.05) is 18.2 Å². The van der Waals surface area contributed by atoms with Gasteiger partial charge in [-0.2, -0.15) is 0 Å². The van der Waals surface area contributed by atoms with E-state index in [2.05, 4.69) is 47.5 Å². The van der Waals surface area contributed by atoms with Crippen molar-refractivity contribution < 1.29 is 9.47 Å². The van der Waals surface area contributed by atoms with Crippen LogP contribution in [0.3, 0.4) is 0 Å². The molecule has 0 amide bonds. The van der Waals surface area contributed by atoms with Crippen molar-refractivity contribution in [3.63, 3.8) is 0 Å². The fourth-order valence-electron chi connectivity index (χ4n) is 3.36. The Morgan fingerprint density at radius 2 is 2.14 bits per heavy atom. The van der Waals surface area contributed by atoms with Crippen molar-refractivity contribution >= 4 is 5.69 Å². The second-order valence-corrected chi connectivity index (χ2v) is 6.45. The largest absolute Gasteiger partial charge is 0.381 e. The van der Waals surface area contributed by atoms with E-state index in [0.717, 1.165) is 39.5 Å². The minimum atomic E-state index is 0.265. The number of rotatable bonds is 5. The Morgan fingerprint density at radius 3 is 2.91 bits per heavy atom. The van der Waals surface area contributed by atoms with Gasteiger partial charge in [0.1, 0.15) is 0 Å². The summed E-state index contributed by atoms with van der Waals surface area (Å²) in [6.45, 7) is 7.77. The van der Waals surface area contributed by atoms with Gasteiger partial charge in [-0.15, -0.1) is 0 Å². The van der Waals surface area contributed by atoms with E-state index in [1.807, 2.05) is 0 Å². The SMILES string of the molecule is CC(NCC1CN(c2ccccc2)CCO1)C1CCCOC1. The lowest BCUT2D eigenvalue weighted by atomic mass is 9.95. The van der Waals surface area contributed by atoms with Crippen LogP contribution in [0.1, 0.15) is 19.8 Å². The summed E-state index contributed by atoms with van der Waals surface area (Å²) >= 11 is 0. The third kappa shape index (κ3) is 4.22. The van der Waals surface area contributed by atoms with Crippen LogP contribution in [0.15, 0.2) is 30.3 Å². The van der Waals surface area contributed by atoms with Crippen LogP contribution >= 0.6 is 0 Å². The molecule has 0 spiro atoms. The Morgan fingerprint density at radius 1 is 1.27 bits per heavy atom. The Hall–Kier alpha value is -1.10. The Bertz CT molecular complexity index is 434. The molecular formula is C18H28N2O2. The molecule has 2 heterocycles. The molecule has 2 aliphatic heterocycles. The number of morpholine rings is 1. The maximum Gasteiger partial charge on any atom is 0.0874 e. The fourth-order valence-corrected chi connectivity index (χ4v) is 3.36. The van der Waals surface area contributed by atoms with Crippen LogP contribution < -0.4 is 10.2 Å². The predicted octanol–water partition coefficient (Wildman–Crippen LogP) is 2.30. The number of benzene rings is 1. The third-order valence-electron chi connectivity index (χ3n) is 4.83. The summed E-state index contributed by atoms with van der Waals surface area (Å²) in [7, 11) is 0. The van der Waals surface area contributed by atoms with Gasteiger partial charge in [0.05, 0.1) is 19.3 Å². The van der Waals surface area contributed by atoms with Crippen LogP contribution in [0.2, 0.25) is 0 Å². The van der Waals surface area contributed by atoms with Gasteiger partial charge in [0, 0.05) is 38.0 Å². The summed E-state index contributed by atoms with van der Waals surface area (Å²) < 4.78 is 11.5. The van der Waals surface area contributed by atoms with Gasteiger partial charge < -0.3 is 19.7 Å². The molecule has 4 heteroatoms. The van der Waals surface area contributed by atoms with Gasteiger partial charge >= 0.3 is 0 Å². The minimum Gasteiger partial charge on any atom is -0.381 e. The highest BCUT2D eigenvalue weighted by Gasteiger charge is 2.24. The van der Waals surface area contributed by atoms with Crippen molar-refractivity contribution in [3.8, 4) is 0 Å². The second kappa shape index (κ2) is 7.95. The van der Waals surface area contributed by atoms with Crippen LogP contribution in [0, 0.1) is 5.92 Å². The first-order valence-electron chi connectivity index (χ1n) is 8.55. The summed E-state index contributed by atoms with van der Waals surface area (Å²) in [5.74, 6) is 0.641. The van der Waals surface area contributed by atoms with Gasteiger partial charge in [-0.05, 0) is 37.8 Å². The maximum absolute atomic E-state index is 5.93. The lowest BCUT2D eigenvalue weighted by Gasteiger charge is -2.36. The van der Waals surface area contributed by atoms with Crippen molar-refractivity contribution in [1.29, 1.82) is 0 Å². The third-order valence-corrected chi connectivity index (χ3v) is 4.83. The zero-order chi connectivity index (χ0) is 15.2. The summed E-state index contributed by atoms with van der Waals surface area (Å²) in [5, 5.41) is 3.66. The Labute approximate surface area is 133 Å². The molecule has 2 fully saturated rings. The summed E-state index contributed by atoms with van der Waals surface area (Å²) in [5.41, 5.74) is 1.30. The molecule has 2 saturated heterocycles. The van der Waals surface area contributed by atoms with E-state index >= 15 is 0 Å². The highest BCUT2D eigenvalue weighted by atomic mass is 16.5. The predicted molar refractivity (Wildman–Crippen MR) is 89.4 cm³/mol. The highest BCUT2D eigenvalue weighted by Crippen LogP contribution is 2.19. The molecule has 22 heavy (non-hydrogen) atoms. The molecule has 3 rings (SSSR count). The molecule has 0 aromatic heterocycles. The van der Waals surface area contributed by atoms with Gasteiger partial charge in [0.2, 0.25) is 0 Å². The molecule has 2 aliphatic rings. The van der Waals surface area contributed by atoms with E-state index in [4.69, 9.17) is 9.47 Å². The highest BCUT2D eigenvalue weighted by molar-refractivity contribution is 5.46. The summed E-state index contributed by atoms with van der Waals surface area (Å²) in [6.07, 6.45) is 2.73. The molecule has 0 aliphatic carbocycles. The first-order valence-corrected chi connectivity index (χ1v) is 8.55. The second-order valence-electron chi connectivity index (χ2n) is 6.45. The fraction of sp³-hybridized carbons (Fsp3) is 0.667. The Balaban J connectivity index is 1.46. The van der Waals surface area contributed by atoms with E-state index in [9.17, 15) is 0 Å².